The number of aromatic nitrogens is 2. The summed E-state index contributed by atoms with van der Waals surface area (Å²) < 4.78 is 2.32. The fourth-order valence-corrected chi connectivity index (χ4v) is 2.69. The van der Waals surface area contributed by atoms with Gasteiger partial charge in [0.2, 0.25) is 0 Å². The van der Waals surface area contributed by atoms with Gasteiger partial charge >= 0.3 is 0 Å². The van der Waals surface area contributed by atoms with Crippen LogP contribution < -0.4 is 0 Å². The van der Waals surface area contributed by atoms with E-state index in [-0.39, 0.29) is 0 Å². The Morgan fingerprint density at radius 2 is 2.00 bits per heavy atom. The fourth-order valence-electron chi connectivity index (χ4n) is 2.69. The molecular formula is C15H20N2. The van der Waals surface area contributed by atoms with E-state index < -0.39 is 0 Å². The summed E-state index contributed by atoms with van der Waals surface area (Å²) in [5.74, 6) is 1.49. The zero-order chi connectivity index (χ0) is 12.0. The predicted molar refractivity (Wildman–Crippen MR) is 71.0 cm³/mol. The molecule has 2 unspecified atom stereocenters. The molecule has 2 heteroatoms. The molecule has 2 heterocycles. The molecule has 90 valence electrons. The van der Waals surface area contributed by atoms with Gasteiger partial charge in [0.15, 0.2) is 0 Å². The number of hydrogen-bond donors (Lipinski definition) is 1. The van der Waals surface area contributed by atoms with E-state index in [4.69, 9.17) is 0 Å². The van der Waals surface area contributed by atoms with Crippen LogP contribution in [-0.4, -0.2) is 9.78 Å². The number of H-pyrrole nitrogens is 1. The van der Waals surface area contributed by atoms with Gasteiger partial charge in [-0.3, -0.25) is 4.68 Å². The number of benzene rings is 1. The van der Waals surface area contributed by atoms with Crippen molar-refractivity contribution >= 4 is 0 Å². The highest BCUT2D eigenvalue weighted by atomic mass is 15.3. The monoisotopic (exact) mass is 228 g/mol. The van der Waals surface area contributed by atoms with Crippen LogP contribution in [0, 0.1) is 11.8 Å². The minimum Gasteiger partial charge on any atom is -0.303 e. The second-order valence-corrected chi connectivity index (χ2v) is 5.59. The van der Waals surface area contributed by atoms with E-state index in [1.54, 1.807) is 0 Å². The highest BCUT2D eigenvalue weighted by Crippen LogP contribution is 2.43. The van der Waals surface area contributed by atoms with Crippen LogP contribution in [0.2, 0.25) is 0 Å². The summed E-state index contributed by atoms with van der Waals surface area (Å²) in [5.41, 5.74) is 4.25. The van der Waals surface area contributed by atoms with Crippen LogP contribution >= 0.6 is 0 Å². The summed E-state index contributed by atoms with van der Waals surface area (Å²) in [7, 11) is 0. The van der Waals surface area contributed by atoms with Gasteiger partial charge < -0.3 is 5.10 Å². The predicted octanol–water partition coefficient (Wildman–Crippen LogP) is 4.07. The molecule has 0 aliphatic carbocycles. The first kappa shape index (κ1) is 10.7. The van der Waals surface area contributed by atoms with E-state index in [0.717, 1.165) is 11.8 Å². The van der Waals surface area contributed by atoms with Gasteiger partial charge in [0, 0.05) is 11.8 Å². The zero-order valence-electron chi connectivity index (χ0n) is 10.8. The van der Waals surface area contributed by atoms with Gasteiger partial charge in [-0.15, -0.1) is 0 Å². The molecule has 0 amide bonds. The first-order chi connectivity index (χ1) is 8.18. The van der Waals surface area contributed by atoms with Crippen molar-refractivity contribution in [2.75, 3.05) is 0 Å². The number of nitrogens with one attached hydrogen (secondary N) is 1. The fraction of sp³-hybridized carbons (Fsp3) is 0.467. The standard InChI is InChI=1S/C15H20N2/c1-10(2)11(3)8-14-12-6-4-5-7-13(12)15-9-16-17(14)15/h4-7,9-11,14,16H,8H2,1-3H3. The lowest BCUT2D eigenvalue weighted by Gasteiger charge is -2.24. The lowest BCUT2D eigenvalue weighted by molar-refractivity contribution is 0.331. The highest BCUT2D eigenvalue weighted by Gasteiger charge is 2.30. The van der Waals surface area contributed by atoms with Crippen LogP contribution in [0.4, 0.5) is 0 Å². The number of fused-ring (bicyclic) bond motifs is 3. The van der Waals surface area contributed by atoms with Crippen molar-refractivity contribution < 1.29 is 0 Å². The van der Waals surface area contributed by atoms with E-state index in [9.17, 15) is 0 Å². The zero-order valence-corrected chi connectivity index (χ0v) is 10.8. The molecule has 0 fully saturated rings. The van der Waals surface area contributed by atoms with Crippen molar-refractivity contribution in [1.29, 1.82) is 0 Å². The van der Waals surface area contributed by atoms with Gasteiger partial charge in [-0.1, -0.05) is 45.0 Å². The first-order valence-electron chi connectivity index (χ1n) is 6.53. The van der Waals surface area contributed by atoms with E-state index in [2.05, 4.69) is 61.0 Å². The van der Waals surface area contributed by atoms with E-state index in [1.807, 2.05) is 0 Å². The van der Waals surface area contributed by atoms with Gasteiger partial charge in [0.25, 0.3) is 0 Å². The third-order valence-electron chi connectivity index (χ3n) is 4.24. The molecule has 1 aromatic carbocycles. The quantitative estimate of drug-likeness (QED) is 0.817. The molecule has 0 spiro atoms. The molecule has 0 saturated heterocycles. The Morgan fingerprint density at radius 3 is 2.65 bits per heavy atom. The number of nitrogens with zero attached hydrogens (tertiary/aromatic N) is 1. The van der Waals surface area contributed by atoms with Crippen LogP contribution in [0.1, 0.15) is 38.8 Å². The average Bonchev–Trinajstić information content (AvgIpc) is 2.46. The van der Waals surface area contributed by atoms with Gasteiger partial charge in [-0.05, 0) is 23.8 Å². The molecule has 2 nitrogen and oxygen atoms in total. The van der Waals surface area contributed by atoms with Crippen molar-refractivity contribution in [3.05, 3.63) is 36.0 Å². The maximum absolute atomic E-state index is 3.32. The summed E-state index contributed by atoms with van der Waals surface area (Å²) in [5, 5.41) is 3.32. The summed E-state index contributed by atoms with van der Waals surface area (Å²) in [6, 6.07) is 9.30. The molecule has 2 aromatic rings. The van der Waals surface area contributed by atoms with Crippen molar-refractivity contribution in [1.82, 2.24) is 9.78 Å². The third kappa shape index (κ3) is 1.54. The van der Waals surface area contributed by atoms with Crippen LogP contribution in [0.25, 0.3) is 11.3 Å². The Hall–Kier alpha value is -1.44. The minimum atomic E-state index is 0.517. The highest BCUT2D eigenvalue weighted by molar-refractivity contribution is 5.69. The molecule has 17 heavy (non-hydrogen) atoms. The third-order valence-corrected chi connectivity index (χ3v) is 4.24. The van der Waals surface area contributed by atoms with Crippen molar-refractivity contribution in [2.45, 2.75) is 33.2 Å². The minimum absolute atomic E-state index is 0.517. The summed E-state index contributed by atoms with van der Waals surface area (Å²) in [6.07, 6.45) is 3.33. The van der Waals surface area contributed by atoms with Crippen molar-refractivity contribution in [3.63, 3.8) is 0 Å². The Labute approximate surface area is 103 Å². The second kappa shape index (κ2) is 3.80. The number of aromatic amines is 1. The normalized spacial score (nSPS) is 19.4. The molecule has 1 N–H and O–H groups in total. The first-order valence-corrected chi connectivity index (χ1v) is 6.53. The summed E-state index contributed by atoms with van der Waals surface area (Å²) in [6.45, 7) is 6.98. The smallest absolute Gasteiger partial charge is 0.0830 e. The lowest BCUT2D eigenvalue weighted by Crippen LogP contribution is -2.17. The molecule has 2 atom stereocenters. The van der Waals surface area contributed by atoms with Gasteiger partial charge in [0.05, 0.1) is 11.7 Å². The van der Waals surface area contributed by atoms with Crippen molar-refractivity contribution in [2.24, 2.45) is 11.8 Å². The molecule has 1 aromatic heterocycles. The molecule has 0 saturated carbocycles. The number of hydrogen-bond acceptors (Lipinski definition) is 0. The lowest BCUT2D eigenvalue weighted by atomic mass is 9.88. The van der Waals surface area contributed by atoms with E-state index in [0.29, 0.717) is 6.04 Å². The maximum Gasteiger partial charge on any atom is 0.0830 e. The SMILES string of the molecule is CC(C)C(C)CC1c2ccccc2-c2c[nH]n21. The van der Waals surface area contributed by atoms with E-state index >= 15 is 0 Å². The molecule has 1 aliphatic heterocycles. The average molecular weight is 228 g/mol. The van der Waals surface area contributed by atoms with Crippen LogP contribution in [0.3, 0.4) is 0 Å². The largest absolute Gasteiger partial charge is 0.303 e. The summed E-state index contributed by atoms with van der Waals surface area (Å²) >= 11 is 0. The molecule has 1 aliphatic rings. The Morgan fingerprint density at radius 1 is 1.24 bits per heavy atom. The molecule has 0 radical (unpaired) electrons. The molecule has 3 rings (SSSR count). The Bertz CT molecular complexity index is 519. The Balaban J connectivity index is 1.94. The topological polar surface area (TPSA) is 20.7 Å². The van der Waals surface area contributed by atoms with Crippen molar-refractivity contribution in [3.8, 4) is 11.3 Å². The molecular weight excluding hydrogens is 208 g/mol. The van der Waals surface area contributed by atoms with Gasteiger partial charge in [0.1, 0.15) is 0 Å². The molecule has 0 bridgehead atoms. The number of rotatable bonds is 3. The van der Waals surface area contributed by atoms with Crippen LogP contribution in [-0.2, 0) is 0 Å². The second-order valence-electron chi connectivity index (χ2n) is 5.59. The maximum atomic E-state index is 3.32. The van der Waals surface area contributed by atoms with Crippen LogP contribution in [0.15, 0.2) is 30.5 Å². The van der Waals surface area contributed by atoms with E-state index in [1.165, 1.54) is 23.2 Å². The van der Waals surface area contributed by atoms with Gasteiger partial charge in [-0.2, -0.15) is 0 Å². The summed E-state index contributed by atoms with van der Waals surface area (Å²) in [4.78, 5) is 0. The Kier molecular flexibility index (Phi) is 2.39. The van der Waals surface area contributed by atoms with Crippen LogP contribution in [0.5, 0.6) is 0 Å². The van der Waals surface area contributed by atoms with Gasteiger partial charge in [-0.25, -0.2) is 0 Å².